The van der Waals surface area contributed by atoms with E-state index in [0.717, 1.165) is 12.0 Å². The molecule has 0 bridgehead atoms. The number of nitrogens with one attached hydrogen (secondary N) is 1. The van der Waals surface area contributed by atoms with Crippen molar-refractivity contribution in [3.8, 4) is 11.5 Å². The Labute approximate surface area is 151 Å². The Hall–Kier alpha value is -1.02. The van der Waals surface area contributed by atoms with Gasteiger partial charge < -0.3 is 25.6 Å². The highest BCUT2D eigenvalue weighted by Crippen LogP contribution is 2.37. The van der Waals surface area contributed by atoms with Gasteiger partial charge in [-0.2, -0.15) is 0 Å². The minimum absolute atomic E-state index is 0. The topological polar surface area (TPSA) is 93.8 Å². The van der Waals surface area contributed by atoms with Crippen molar-refractivity contribution in [3.63, 3.8) is 0 Å². The van der Waals surface area contributed by atoms with E-state index in [4.69, 9.17) is 15.2 Å². The minimum Gasteiger partial charge on any atom is -0.490 e. The quantitative estimate of drug-likeness (QED) is 0.547. The maximum absolute atomic E-state index is 10.9. The number of nitrogens with two attached hydrogens (primary N) is 1. The SMILES string of the molecule is CCOc1cc(CNC(CC)CO)cc(Br)c1OCC(N)=O.Cl. The van der Waals surface area contributed by atoms with Crippen molar-refractivity contribution in [2.75, 3.05) is 19.8 Å². The van der Waals surface area contributed by atoms with Crippen LogP contribution in [0.15, 0.2) is 16.6 Å². The van der Waals surface area contributed by atoms with E-state index in [-0.39, 0.29) is 31.7 Å². The number of primary amides is 1. The van der Waals surface area contributed by atoms with E-state index in [2.05, 4.69) is 21.2 Å². The standard InChI is InChI=1S/C15H23BrN2O4.ClH/c1-3-11(8-19)18-7-10-5-12(16)15(22-9-14(17)20)13(6-10)21-4-2;/h5-6,11,18-19H,3-4,7-9H2,1-2H3,(H2,17,20);1H. The molecule has 1 aromatic carbocycles. The second-order valence-corrected chi connectivity index (χ2v) is 5.62. The average molecular weight is 412 g/mol. The molecule has 1 aromatic rings. The molecule has 1 atom stereocenters. The van der Waals surface area contributed by atoms with Crippen molar-refractivity contribution in [3.05, 3.63) is 22.2 Å². The van der Waals surface area contributed by atoms with Crippen LogP contribution in [0.25, 0.3) is 0 Å². The first-order chi connectivity index (χ1) is 10.5. The Kier molecular flexibility index (Phi) is 11.0. The molecule has 1 unspecified atom stereocenters. The lowest BCUT2D eigenvalue weighted by Crippen LogP contribution is -2.31. The molecule has 8 heteroatoms. The van der Waals surface area contributed by atoms with Gasteiger partial charge >= 0.3 is 0 Å². The summed E-state index contributed by atoms with van der Waals surface area (Å²) < 4.78 is 11.7. The van der Waals surface area contributed by atoms with Gasteiger partial charge in [-0.3, -0.25) is 4.79 Å². The van der Waals surface area contributed by atoms with Gasteiger partial charge in [0.15, 0.2) is 18.1 Å². The second kappa shape index (κ2) is 11.5. The highest BCUT2D eigenvalue weighted by atomic mass is 79.9. The van der Waals surface area contributed by atoms with Gasteiger partial charge in [0.2, 0.25) is 0 Å². The zero-order chi connectivity index (χ0) is 16.5. The van der Waals surface area contributed by atoms with E-state index in [1.54, 1.807) is 0 Å². The molecule has 0 radical (unpaired) electrons. The van der Waals surface area contributed by atoms with Gasteiger partial charge in [-0.25, -0.2) is 0 Å². The zero-order valence-electron chi connectivity index (χ0n) is 13.3. The van der Waals surface area contributed by atoms with Gasteiger partial charge in [0.25, 0.3) is 5.91 Å². The summed E-state index contributed by atoms with van der Waals surface area (Å²) in [7, 11) is 0. The summed E-state index contributed by atoms with van der Waals surface area (Å²) in [6.07, 6.45) is 0.843. The van der Waals surface area contributed by atoms with Crippen molar-refractivity contribution < 1.29 is 19.4 Å². The molecule has 1 rings (SSSR count). The molecule has 0 aliphatic rings. The molecule has 0 spiro atoms. The first kappa shape index (κ1) is 22.0. The monoisotopic (exact) mass is 410 g/mol. The molecule has 0 aromatic heterocycles. The van der Waals surface area contributed by atoms with E-state index < -0.39 is 5.91 Å². The number of ether oxygens (including phenoxy) is 2. The third-order valence-electron chi connectivity index (χ3n) is 3.04. The van der Waals surface area contributed by atoms with Crippen molar-refractivity contribution in [1.82, 2.24) is 5.32 Å². The number of hydrogen-bond acceptors (Lipinski definition) is 5. The van der Waals surface area contributed by atoms with Gasteiger partial charge in [-0.15, -0.1) is 12.4 Å². The molecule has 6 nitrogen and oxygen atoms in total. The smallest absolute Gasteiger partial charge is 0.255 e. The van der Waals surface area contributed by atoms with Crippen molar-refractivity contribution in [2.24, 2.45) is 5.73 Å². The Bertz CT molecular complexity index is 499. The average Bonchev–Trinajstić information content (AvgIpc) is 2.47. The molecule has 0 aliphatic carbocycles. The Morgan fingerprint density at radius 3 is 2.61 bits per heavy atom. The second-order valence-electron chi connectivity index (χ2n) is 4.76. The zero-order valence-corrected chi connectivity index (χ0v) is 15.7. The fourth-order valence-electron chi connectivity index (χ4n) is 1.87. The Balaban J connectivity index is 0.00000484. The molecular formula is C15H24BrClN2O4. The molecule has 0 saturated carbocycles. The molecule has 1 amide bonds. The highest BCUT2D eigenvalue weighted by molar-refractivity contribution is 9.10. The van der Waals surface area contributed by atoms with E-state index in [0.29, 0.717) is 29.1 Å². The summed E-state index contributed by atoms with van der Waals surface area (Å²) in [4.78, 5) is 10.9. The lowest BCUT2D eigenvalue weighted by molar-refractivity contribution is -0.119. The summed E-state index contributed by atoms with van der Waals surface area (Å²) in [5, 5.41) is 12.5. The predicted molar refractivity (Wildman–Crippen MR) is 95.3 cm³/mol. The number of aliphatic hydroxyl groups excluding tert-OH is 1. The van der Waals surface area contributed by atoms with Crippen molar-refractivity contribution >= 4 is 34.2 Å². The number of rotatable bonds is 10. The van der Waals surface area contributed by atoms with Gasteiger partial charge in [0.1, 0.15) is 0 Å². The largest absolute Gasteiger partial charge is 0.490 e. The molecule has 0 saturated heterocycles. The predicted octanol–water partition coefficient (Wildman–Crippen LogP) is 1.99. The maximum Gasteiger partial charge on any atom is 0.255 e. The number of benzene rings is 1. The summed E-state index contributed by atoms with van der Waals surface area (Å²) in [6.45, 7) is 4.83. The first-order valence-corrected chi connectivity index (χ1v) is 8.01. The van der Waals surface area contributed by atoms with Crippen LogP contribution < -0.4 is 20.5 Å². The van der Waals surface area contributed by atoms with E-state index >= 15 is 0 Å². The molecule has 4 N–H and O–H groups in total. The number of amides is 1. The fourth-order valence-corrected chi connectivity index (χ4v) is 2.47. The number of hydrogen-bond donors (Lipinski definition) is 3. The minimum atomic E-state index is -0.547. The molecule has 0 fully saturated rings. The van der Waals surface area contributed by atoms with E-state index in [1.165, 1.54) is 0 Å². The van der Waals surface area contributed by atoms with Crippen LogP contribution in [0, 0.1) is 0 Å². The van der Waals surface area contributed by atoms with Crippen LogP contribution in [-0.2, 0) is 11.3 Å². The van der Waals surface area contributed by atoms with Crippen LogP contribution in [-0.4, -0.2) is 36.9 Å². The van der Waals surface area contributed by atoms with E-state index in [9.17, 15) is 9.90 Å². The number of carbonyl (C=O) groups is 1. The maximum atomic E-state index is 10.9. The summed E-state index contributed by atoms with van der Waals surface area (Å²) in [5.74, 6) is 0.458. The van der Waals surface area contributed by atoms with Crippen LogP contribution in [0.5, 0.6) is 11.5 Å². The van der Waals surface area contributed by atoms with E-state index in [1.807, 2.05) is 26.0 Å². The van der Waals surface area contributed by atoms with Crippen LogP contribution in [0.2, 0.25) is 0 Å². The molecular weight excluding hydrogens is 388 g/mol. The number of aliphatic hydroxyl groups is 1. The van der Waals surface area contributed by atoms with Crippen LogP contribution in [0.3, 0.4) is 0 Å². The summed E-state index contributed by atoms with van der Waals surface area (Å²) >= 11 is 3.43. The number of carbonyl (C=O) groups excluding carboxylic acids is 1. The fraction of sp³-hybridized carbons (Fsp3) is 0.533. The first-order valence-electron chi connectivity index (χ1n) is 7.22. The molecule has 23 heavy (non-hydrogen) atoms. The van der Waals surface area contributed by atoms with Crippen molar-refractivity contribution in [2.45, 2.75) is 32.9 Å². The Morgan fingerprint density at radius 2 is 2.09 bits per heavy atom. The van der Waals surface area contributed by atoms with Crippen LogP contribution in [0.4, 0.5) is 0 Å². The molecule has 0 heterocycles. The lowest BCUT2D eigenvalue weighted by Gasteiger charge is -2.17. The number of halogens is 2. The lowest BCUT2D eigenvalue weighted by atomic mass is 10.1. The van der Waals surface area contributed by atoms with Gasteiger partial charge in [-0.05, 0) is 47.0 Å². The van der Waals surface area contributed by atoms with Gasteiger partial charge in [0, 0.05) is 12.6 Å². The van der Waals surface area contributed by atoms with Gasteiger partial charge in [-0.1, -0.05) is 6.92 Å². The van der Waals surface area contributed by atoms with Crippen LogP contribution >= 0.6 is 28.3 Å². The van der Waals surface area contributed by atoms with Gasteiger partial charge in [0.05, 0.1) is 17.7 Å². The highest BCUT2D eigenvalue weighted by Gasteiger charge is 2.14. The normalized spacial score (nSPS) is 11.5. The third-order valence-corrected chi connectivity index (χ3v) is 3.63. The summed E-state index contributed by atoms with van der Waals surface area (Å²) in [6, 6.07) is 3.79. The summed E-state index contributed by atoms with van der Waals surface area (Å²) in [5.41, 5.74) is 6.08. The van der Waals surface area contributed by atoms with Crippen molar-refractivity contribution in [1.29, 1.82) is 0 Å². The molecule has 0 aliphatic heterocycles. The van der Waals surface area contributed by atoms with Crippen LogP contribution in [0.1, 0.15) is 25.8 Å². The molecule has 132 valence electrons. The Morgan fingerprint density at radius 1 is 1.39 bits per heavy atom. The third kappa shape index (κ3) is 7.39.